The van der Waals surface area contributed by atoms with Gasteiger partial charge in [0.05, 0.1) is 22.9 Å². The molecule has 1 saturated heterocycles. The summed E-state index contributed by atoms with van der Waals surface area (Å²) in [5.41, 5.74) is 8.99. The quantitative estimate of drug-likeness (QED) is 0.873. The van der Waals surface area contributed by atoms with E-state index in [0.29, 0.717) is 24.6 Å². The molecule has 0 aromatic carbocycles. The normalized spacial score (nSPS) is 20.7. The van der Waals surface area contributed by atoms with E-state index in [0.717, 1.165) is 38.5 Å². The molecule has 1 fully saturated rings. The van der Waals surface area contributed by atoms with E-state index in [1.54, 1.807) is 11.3 Å². The first-order chi connectivity index (χ1) is 10.4. The summed E-state index contributed by atoms with van der Waals surface area (Å²) in [6.45, 7) is 5.28. The minimum atomic E-state index is -2.81. The molecule has 2 aromatic heterocycles. The molecule has 3 heterocycles. The summed E-state index contributed by atoms with van der Waals surface area (Å²) in [6, 6.07) is 0. The van der Waals surface area contributed by atoms with Gasteiger partial charge in [0.15, 0.2) is 9.84 Å². The van der Waals surface area contributed by atoms with Crippen LogP contribution >= 0.6 is 11.3 Å². The van der Waals surface area contributed by atoms with Crippen molar-refractivity contribution in [3.05, 3.63) is 16.1 Å². The lowest BCUT2D eigenvalue weighted by Gasteiger charge is -2.09. The van der Waals surface area contributed by atoms with Crippen molar-refractivity contribution >= 4 is 37.1 Å². The molecule has 2 aromatic rings. The highest BCUT2D eigenvalue weighted by Crippen LogP contribution is 2.34. The number of hydrogen-bond acceptors (Lipinski definition) is 7. The maximum absolute atomic E-state index is 11.5. The number of nitrogens with zero attached hydrogens (tertiary/aromatic N) is 2. The third-order valence-corrected chi connectivity index (χ3v) is 7.18. The molecule has 0 amide bonds. The number of nitrogens with two attached hydrogens (primary N) is 1. The highest BCUT2D eigenvalue weighted by Gasteiger charge is 2.27. The van der Waals surface area contributed by atoms with Crippen LogP contribution in [0.3, 0.4) is 0 Å². The van der Waals surface area contributed by atoms with Gasteiger partial charge in [0.2, 0.25) is 0 Å². The van der Waals surface area contributed by atoms with E-state index in [1.165, 1.54) is 0 Å². The van der Waals surface area contributed by atoms with Crippen LogP contribution in [0.15, 0.2) is 0 Å². The summed E-state index contributed by atoms with van der Waals surface area (Å²) in [5.74, 6) is 0.828. The van der Waals surface area contributed by atoms with Crippen LogP contribution in [0.1, 0.15) is 22.6 Å². The third kappa shape index (κ3) is 2.95. The summed E-state index contributed by atoms with van der Waals surface area (Å²) in [4.78, 5) is 1.90. The number of aromatic nitrogens is 2. The summed E-state index contributed by atoms with van der Waals surface area (Å²) < 4.78 is 22.9. The van der Waals surface area contributed by atoms with E-state index < -0.39 is 9.84 Å². The van der Waals surface area contributed by atoms with Gasteiger partial charge in [-0.2, -0.15) is 5.10 Å². The van der Waals surface area contributed by atoms with Gasteiger partial charge in [-0.05, 0) is 38.3 Å². The molecule has 1 aliphatic heterocycles. The first kappa shape index (κ1) is 15.6. The monoisotopic (exact) mass is 340 g/mol. The van der Waals surface area contributed by atoms with Crippen molar-refractivity contribution < 1.29 is 8.42 Å². The number of nitrogens with one attached hydrogen (secondary N) is 1. The van der Waals surface area contributed by atoms with Crippen LogP contribution in [-0.2, 0) is 16.4 Å². The van der Waals surface area contributed by atoms with Crippen LogP contribution in [0.25, 0.3) is 10.2 Å². The predicted molar refractivity (Wildman–Crippen MR) is 89.8 cm³/mol. The van der Waals surface area contributed by atoms with Gasteiger partial charge >= 0.3 is 0 Å². The topological polar surface area (TPSA) is 98.0 Å². The zero-order valence-corrected chi connectivity index (χ0v) is 14.4. The first-order valence-corrected chi connectivity index (χ1v) is 9.93. The minimum Gasteiger partial charge on any atom is -0.397 e. The van der Waals surface area contributed by atoms with Gasteiger partial charge in [-0.15, -0.1) is 16.4 Å². The van der Waals surface area contributed by atoms with Crippen molar-refractivity contribution in [2.75, 3.05) is 23.8 Å². The Hall–Kier alpha value is -1.25. The van der Waals surface area contributed by atoms with Crippen molar-refractivity contribution in [3.63, 3.8) is 0 Å². The van der Waals surface area contributed by atoms with E-state index in [4.69, 9.17) is 5.73 Å². The number of fused-ring (bicyclic) bond motifs is 1. The largest absolute Gasteiger partial charge is 0.397 e. The predicted octanol–water partition coefficient (Wildman–Crippen LogP) is 1.41. The Labute approximate surface area is 134 Å². The lowest BCUT2D eigenvalue weighted by atomic mass is 10.1. The van der Waals surface area contributed by atoms with Gasteiger partial charge in [0.25, 0.3) is 0 Å². The number of anilines is 1. The summed E-state index contributed by atoms with van der Waals surface area (Å²) >= 11 is 1.55. The molecule has 6 nitrogen and oxygen atoms in total. The minimum absolute atomic E-state index is 0.212. The van der Waals surface area contributed by atoms with Crippen molar-refractivity contribution in [1.82, 2.24) is 15.5 Å². The molecule has 0 spiro atoms. The second-order valence-corrected chi connectivity index (χ2v) is 9.24. The van der Waals surface area contributed by atoms with Crippen LogP contribution in [0, 0.1) is 19.8 Å². The van der Waals surface area contributed by atoms with Crippen LogP contribution in [-0.4, -0.2) is 36.7 Å². The Balaban J connectivity index is 1.70. The first-order valence-electron chi connectivity index (χ1n) is 7.29. The van der Waals surface area contributed by atoms with E-state index >= 15 is 0 Å². The second kappa shape index (κ2) is 5.75. The van der Waals surface area contributed by atoms with E-state index in [2.05, 4.69) is 15.5 Å². The van der Waals surface area contributed by atoms with Gasteiger partial charge in [-0.25, -0.2) is 8.42 Å². The molecule has 0 bridgehead atoms. The van der Waals surface area contributed by atoms with Gasteiger partial charge in [0.1, 0.15) is 4.83 Å². The number of aryl methyl sites for hydroxylation is 2. The SMILES string of the molecule is Cc1nnc2sc(CNCC3CCS(=O)(=O)C3)c(N)c2c1C. The molecule has 3 N–H and O–H groups in total. The smallest absolute Gasteiger partial charge is 0.150 e. The molecule has 22 heavy (non-hydrogen) atoms. The standard InChI is InChI=1S/C14H20N4O2S2/c1-8-9(2)17-18-14-12(8)13(15)11(21-14)6-16-5-10-3-4-22(19,20)7-10/h10,16H,3-7,15H2,1-2H3. The molecule has 1 aliphatic rings. The number of sulfone groups is 1. The number of nitrogen functional groups attached to an aromatic ring is 1. The molecule has 3 rings (SSSR count). The maximum Gasteiger partial charge on any atom is 0.150 e. The molecule has 120 valence electrons. The molecule has 8 heteroatoms. The third-order valence-electron chi connectivity index (χ3n) is 4.26. The summed E-state index contributed by atoms with van der Waals surface area (Å²) in [5, 5.41) is 12.7. The van der Waals surface area contributed by atoms with Crippen LogP contribution in [0.2, 0.25) is 0 Å². The van der Waals surface area contributed by atoms with Gasteiger partial charge < -0.3 is 11.1 Å². The number of rotatable bonds is 4. The number of thiophene rings is 1. The fourth-order valence-corrected chi connectivity index (χ4v) is 5.77. The molecule has 1 atom stereocenters. The van der Waals surface area contributed by atoms with Crippen LogP contribution < -0.4 is 11.1 Å². The van der Waals surface area contributed by atoms with Crippen molar-refractivity contribution in [1.29, 1.82) is 0 Å². The second-order valence-electron chi connectivity index (χ2n) is 5.93. The Kier molecular flexibility index (Phi) is 4.09. The maximum atomic E-state index is 11.5. The Bertz CT molecular complexity index is 814. The van der Waals surface area contributed by atoms with Crippen molar-refractivity contribution in [2.24, 2.45) is 5.92 Å². The highest BCUT2D eigenvalue weighted by molar-refractivity contribution is 7.91. The zero-order chi connectivity index (χ0) is 15.9. The van der Waals surface area contributed by atoms with E-state index in [9.17, 15) is 8.42 Å². The molecular formula is C14H20N4O2S2. The number of hydrogen-bond donors (Lipinski definition) is 2. The average Bonchev–Trinajstić information content (AvgIpc) is 2.96. The molecule has 1 unspecified atom stereocenters. The fourth-order valence-electron chi connectivity index (χ4n) is 2.84. The van der Waals surface area contributed by atoms with Crippen molar-refractivity contribution in [2.45, 2.75) is 26.8 Å². The van der Waals surface area contributed by atoms with Crippen molar-refractivity contribution in [3.8, 4) is 0 Å². The fraction of sp³-hybridized carbons (Fsp3) is 0.571. The Morgan fingerprint density at radius 1 is 1.36 bits per heavy atom. The van der Waals surface area contributed by atoms with Gasteiger partial charge in [-0.1, -0.05) is 0 Å². The lowest BCUT2D eigenvalue weighted by Crippen LogP contribution is -2.23. The molecule has 0 saturated carbocycles. The van der Waals surface area contributed by atoms with E-state index in [1.807, 2.05) is 13.8 Å². The summed E-state index contributed by atoms with van der Waals surface area (Å²) in [6.07, 6.45) is 0.751. The molecule has 0 radical (unpaired) electrons. The highest BCUT2D eigenvalue weighted by atomic mass is 32.2. The molecular weight excluding hydrogens is 320 g/mol. The average molecular weight is 340 g/mol. The van der Waals surface area contributed by atoms with Crippen LogP contribution in [0.4, 0.5) is 5.69 Å². The summed E-state index contributed by atoms with van der Waals surface area (Å²) in [7, 11) is -2.81. The Morgan fingerprint density at radius 3 is 2.82 bits per heavy atom. The molecule has 0 aliphatic carbocycles. The van der Waals surface area contributed by atoms with E-state index in [-0.39, 0.29) is 5.92 Å². The lowest BCUT2D eigenvalue weighted by molar-refractivity contribution is 0.523. The van der Waals surface area contributed by atoms with Crippen LogP contribution in [0.5, 0.6) is 0 Å². The zero-order valence-electron chi connectivity index (χ0n) is 12.7. The van der Waals surface area contributed by atoms with Gasteiger partial charge in [0, 0.05) is 16.8 Å². The van der Waals surface area contributed by atoms with Gasteiger partial charge in [-0.3, -0.25) is 0 Å². The Morgan fingerprint density at radius 2 is 2.14 bits per heavy atom.